The second-order valence-electron chi connectivity index (χ2n) is 18.4. The Morgan fingerprint density at radius 1 is 1.06 bits per heavy atom. The van der Waals surface area contributed by atoms with Crippen molar-refractivity contribution in [2.75, 3.05) is 26.8 Å². The first-order chi connectivity index (χ1) is 23.9. The molecule has 7 aliphatic carbocycles. The highest BCUT2D eigenvalue weighted by molar-refractivity contribution is 5.87. The Hall–Kier alpha value is -1.62. The molecule has 6 fully saturated rings. The van der Waals surface area contributed by atoms with Crippen molar-refractivity contribution in [3.05, 3.63) is 23.3 Å². The number of carbonyl (C=O) groups excluding carboxylic acids is 2. The Balaban J connectivity index is 1.19. The molecule has 8 rings (SSSR count). The average molecular weight is 696 g/mol. The van der Waals surface area contributed by atoms with E-state index in [4.69, 9.17) is 9.47 Å². The largest absolute Gasteiger partial charge is 0.450 e. The second kappa shape index (κ2) is 12.5. The third-order valence-electron chi connectivity index (χ3n) is 16.8. The number of hydrogen-bond acceptors (Lipinski definition) is 9. The molecule has 0 spiro atoms. The first kappa shape index (κ1) is 35.4. The Kier molecular flexibility index (Phi) is 8.84. The molecule has 0 radical (unpaired) electrons. The van der Waals surface area contributed by atoms with Crippen LogP contribution in [0.3, 0.4) is 0 Å². The molecule has 14 atom stereocenters. The number of aldehydes is 1. The van der Waals surface area contributed by atoms with Crippen molar-refractivity contribution in [3.8, 4) is 0 Å². The molecule has 0 aromatic rings. The lowest BCUT2D eigenvalue weighted by molar-refractivity contribution is -0.341. The summed E-state index contributed by atoms with van der Waals surface area (Å²) < 4.78 is 11.1. The topological polar surface area (TPSA) is 146 Å². The molecule has 0 unspecified atom stereocenters. The van der Waals surface area contributed by atoms with Crippen LogP contribution in [0.2, 0.25) is 0 Å². The van der Waals surface area contributed by atoms with Gasteiger partial charge in [0.15, 0.2) is 0 Å². The van der Waals surface area contributed by atoms with Crippen LogP contribution >= 0.6 is 0 Å². The number of allylic oxidation sites excluding steroid dienone is 1. The smallest absolute Gasteiger partial charge is 0.331 e. The fourth-order valence-electron chi connectivity index (χ4n) is 14.5. The van der Waals surface area contributed by atoms with Gasteiger partial charge in [0.05, 0.1) is 22.7 Å². The maximum Gasteiger partial charge on any atom is 0.331 e. The lowest BCUT2D eigenvalue weighted by Gasteiger charge is -2.71. The minimum Gasteiger partial charge on any atom is -0.450 e. The van der Waals surface area contributed by atoms with Gasteiger partial charge in [-0.05, 0) is 117 Å². The van der Waals surface area contributed by atoms with Gasteiger partial charge in [0.1, 0.15) is 18.0 Å². The zero-order valence-corrected chi connectivity index (χ0v) is 30.4. The summed E-state index contributed by atoms with van der Waals surface area (Å²) in [5, 5.41) is 55.2. The fourth-order valence-corrected chi connectivity index (χ4v) is 14.5. The van der Waals surface area contributed by atoms with E-state index in [-0.39, 0.29) is 24.2 Å². The van der Waals surface area contributed by atoms with E-state index in [9.17, 15) is 30.0 Å². The minimum absolute atomic E-state index is 0.112. The molecule has 0 aromatic heterocycles. The van der Waals surface area contributed by atoms with E-state index in [1.807, 2.05) is 0 Å². The molecule has 0 saturated heterocycles. The van der Waals surface area contributed by atoms with Crippen molar-refractivity contribution >= 4 is 12.3 Å². The van der Waals surface area contributed by atoms with Gasteiger partial charge in [-0.25, -0.2) is 4.79 Å². The van der Waals surface area contributed by atoms with Crippen LogP contribution < -0.4 is 5.32 Å². The van der Waals surface area contributed by atoms with Gasteiger partial charge in [-0.2, -0.15) is 0 Å². The maximum atomic E-state index is 13.8. The normalized spacial score (nSPS) is 50.1. The van der Waals surface area contributed by atoms with Crippen LogP contribution in [0.1, 0.15) is 104 Å². The Labute approximate surface area is 297 Å². The lowest BCUT2D eigenvalue weighted by atomic mass is 9.36. The van der Waals surface area contributed by atoms with E-state index < -0.39 is 57.6 Å². The Morgan fingerprint density at radius 2 is 1.84 bits per heavy atom. The summed E-state index contributed by atoms with van der Waals surface area (Å²) in [5.41, 5.74) is -4.78. The van der Waals surface area contributed by atoms with E-state index in [0.717, 1.165) is 36.8 Å². The van der Waals surface area contributed by atoms with Crippen molar-refractivity contribution in [1.29, 1.82) is 0 Å². The zero-order valence-electron chi connectivity index (χ0n) is 30.4. The van der Waals surface area contributed by atoms with Crippen molar-refractivity contribution in [2.24, 2.45) is 58.2 Å². The van der Waals surface area contributed by atoms with Crippen molar-refractivity contribution < 1.29 is 39.5 Å². The first-order valence-corrected chi connectivity index (χ1v) is 20.0. The summed E-state index contributed by atoms with van der Waals surface area (Å²) in [6.07, 6.45) is 14.0. The molecule has 1 heterocycles. The van der Waals surface area contributed by atoms with Gasteiger partial charge in [0.25, 0.3) is 0 Å². The van der Waals surface area contributed by atoms with Gasteiger partial charge in [-0.1, -0.05) is 45.6 Å². The number of hydrogen-bond donors (Lipinski definition) is 5. The monoisotopic (exact) mass is 695 g/mol. The number of esters is 1. The van der Waals surface area contributed by atoms with E-state index in [1.54, 1.807) is 13.2 Å². The van der Waals surface area contributed by atoms with Crippen molar-refractivity contribution in [2.45, 2.75) is 133 Å². The summed E-state index contributed by atoms with van der Waals surface area (Å²) in [4.78, 5) is 26.7. The highest BCUT2D eigenvalue weighted by Crippen LogP contribution is 2.76. The number of methoxy groups -OCH3 is 1. The van der Waals surface area contributed by atoms with Crippen LogP contribution in [0.5, 0.6) is 0 Å². The lowest BCUT2D eigenvalue weighted by Crippen LogP contribution is -2.80. The second-order valence-corrected chi connectivity index (χ2v) is 18.4. The van der Waals surface area contributed by atoms with E-state index in [2.05, 4.69) is 25.2 Å². The SMILES string of the molecule is COCCCNCC1=C[C@@H]2C[C@@]3(O)[C@](C)(CC[C@H]4[C@@]3(O)C[C@H]3C[C@H]([C@@H](C)C5CCCC5)CC[C@@H]5[C@@H](O)CC[C@@]4(C=O)[C@]35O)[C@H]2C2=CC(=O)O[C@@H]12. The molecule has 6 saturated carbocycles. The van der Waals surface area contributed by atoms with Gasteiger partial charge in [0, 0.05) is 43.6 Å². The van der Waals surface area contributed by atoms with Crippen LogP contribution in [-0.4, -0.2) is 88.5 Å². The van der Waals surface area contributed by atoms with Crippen LogP contribution in [0.15, 0.2) is 23.3 Å². The molecule has 8 aliphatic rings. The quantitative estimate of drug-likeness (QED) is 0.103. The predicted octanol–water partition coefficient (Wildman–Crippen LogP) is 4.25. The number of carbonyl (C=O) groups is 2. The molecule has 5 N–H and O–H groups in total. The van der Waals surface area contributed by atoms with Crippen molar-refractivity contribution in [1.82, 2.24) is 5.32 Å². The van der Waals surface area contributed by atoms with Crippen LogP contribution in [0, 0.1) is 58.2 Å². The molecular formula is C41H61NO8. The molecule has 0 bridgehead atoms. The first-order valence-electron chi connectivity index (χ1n) is 20.0. The summed E-state index contributed by atoms with van der Waals surface area (Å²) in [6.45, 7) is 6.42. The minimum atomic E-state index is -1.63. The van der Waals surface area contributed by atoms with E-state index in [1.165, 1.54) is 25.7 Å². The molecule has 1 aliphatic heterocycles. The Bertz CT molecular complexity index is 1420. The summed E-state index contributed by atoms with van der Waals surface area (Å²) in [6, 6.07) is 0. The van der Waals surface area contributed by atoms with Crippen LogP contribution in [0.25, 0.3) is 0 Å². The Morgan fingerprint density at radius 3 is 2.58 bits per heavy atom. The zero-order chi connectivity index (χ0) is 35.3. The molecule has 278 valence electrons. The third-order valence-corrected chi connectivity index (χ3v) is 16.8. The third kappa shape index (κ3) is 4.65. The number of fused-ring (bicyclic) bond motifs is 8. The number of aliphatic hydroxyl groups excluding tert-OH is 1. The highest BCUT2D eigenvalue weighted by atomic mass is 16.5. The van der Waals surface area contributed by atoms with Gasteiger partial charge in [0.2, 0.25) is 0 Å². The summed E-state index contributed by atoms with van der Waals surface area (Å²) >= 11 is 0. The molecule has 9 heteroatoms. The summed E-state index contributed by atoms with van der Waals surface area (Å²) in [5.74, 6) is -0.738. The van der Waals surface area contributed by atoms with E-state index >= 15 is 0 Å². The standard InChI is InChI=1S/C41H61NO8/c1-24(25-7-4-5-8-25)26-9-10-31-32(44)11-14-38(23-43)33-12-13-37(2)35-27(20-40(37,47)39(33,46)21-29(18-26)41(31,38)48)17-28(22-42-15-6-16-49-3)36-30(35)19-34(45)50-36/h17,19,23-27,29,31-33,35-36,42,44,46-48H,4-16,18,20-22H2,1-3H3/t24-,26+,27+,29+,31+,32-,33+,35+,36-,37+,38-,39-,40+,41-/m0/s1. The highest BCUT2D eigenvalue weighted by Gasteiger charge is 2.81. The molecule has 0 aromatic carbocycles. The molecular weight excluding hydrogens is 634 g/mol. The predicted molar refractivity (Wildman–Crippen MR) is 186 cm³/mol. The van der Waals surface area contributed by atoms with Crippen LogP contribution in [0.4, 0.5) is 0 Å². The summed E-state index contributed by atoms with van der Waals surface area (Å²) in [7, 11) is 1.69. The molecule has 50 heavy (non-hydrogen) atoms. The number of ether oxygens (including phenoxy) is 2. The fraction of sp³-hybridized carbons (Fsp3) is 0.854. The van der Waals surface area contributed by atoms with Gasteiger partial charge < -0.3 is 40.0 Å². The van der Waals surface area contributed by atoms with Crippen LogP contribution in [-0.2, 0) is 19.1 Å². The van der Waals surface area contributed by atoms with Gasteiger partial charge in [-0.3, -0.25) is 0 Å². The number of aliphatic hydroxyl groups is 4. The number of nitrogens with one attached hydrogen (secondary N) is 1. The molecule has 9 nitrogen and oxygen atoms in total. The van der Waals surface area contributed by atoms with Gasteiger partial charge in [-0.15, -0.1) is 0 Å². The number of rotatable bonds is 9. The average Bonchev–Trinajstić information content (AvgIpc) is 3.78. The van der Waals surface area contributed by atoms with E-state index in [0.29, 0.717) is 75.9 Å². The van der Waals surface area contributed by atoms with Gasteiger partial charge >= 0.3 is 5.97 Å². The molecule has 0 amide bonds. The van der Waals surface area contributed by atoms with Crippen molar-refractivity contribution in [3.63, 3.8) is 0 Å². The maximum absolute atomic E-state index is 13.8.